The molecule has 2 aromatic rings. The SMILES string of the molecule is CCC(C(=O)NCC(C)C)N(Cc1ccc(F)cc1)C(=O)CN(c1cccc(Cl)c1C)S(C)(=O)=O. The third-order valence-electron chi connectivity index (χ3n) is 5.52. The number of carbonyl (C=O) groups is 2. The van der Waals surface area contributed by atoms with E-state index in [0.717, 1.165) is 10.6 Å². The van der Waals surface area contributed by atoms with Crippen molar-refractivity contribution in [3.8, 4) is 0 Å². The molecule has 0 aliphatic carbocycles. The molecule has 0 aliphatic rings. The van der Waals surface area contributed by atoms with Crippen LogP contribution in [0.5, 0.6) is 0 Å². The van der Waals surface area contributed by atoms with Crippen LogP contribution in [0.25, 0.3) is 0 Å². The molecule has 2 amide bonds. The van der Waals surface area contributed by atoms with Gasteiger partial charge < -0.3 is 10.2 Å². The molecule has 192 valence electrons. The van der Waals surface area contributed by atoms with Gasteiger partial charge >= 0.3 is 0 Å². The number of amides is 2. The van der Waals surface area contributed by atoms with Crippen molar-refractivity contribution >= 4 is 39.1 Å². The molecule has 0 aliphatic heterocycles. The number of nitrogens with zero attached hydrogens (tertiary/aromatic N) is 2. The van der Waals surface area contributed by atoms with E-state index in [1.165, 1.54) is 29.2 Å². The van der Waals surface area contributed by atoms with Crippen LogP contribution in [0.2, 0.25) is 5.02 Å². The first kappa shape index (κ1) is 28.6. The van der Waals surface area contributed by atoms with Gasteiger partial charge in [0, 0.05) is 18.1 Å². The Morgan fingerprint density at radius 1 is 1.11 bits per heavy atom. The highest BCUT2D eigenvalue weighted by Gasteiger charge is 2.32. The lowest BCUT2D eigenvalue weighted by atomic mass is 10.1. The Bertz CT molecular complexity index is 1140. The minimum atomic E-state index is -3.86. The zero-order chi connectivity index (χ0) is 26.3. The van der Waals surface area contributed by atoms with Crippen LogP contribution in [-0.2, 0) is 26.2 Å². The van der Waals surface area contributed by atoms with Crippen LogP contribution in [0, 0.1) is 18.7 Å². The maximum Gasteiger partial charge on any atom is 0.244 e. The summed E-state index contributed by atoms with van der Waals surface area (Å²) < 4.78 is 39.8. The molecule has 0 spiro atoms. The Balaban J connectivity index is 2.45. The van der Waals surface area contributed by atoms with Gasteiger partial charge in [-0.15, -0.1) is 0 Å². The van der Waals surface area contributed by atoms with E-state index in [0.29, 0.717) is 29.1 Å². The number of nitrogens with one attached hydrogen (secondary N) is 1. The van der Waals surface area contributed by atoms with Crippen LogP contribution >= 0.6 is 11.6 Å². The van der Waals surface area contributed by atoms with Gasteiger partial charge in [0.25, 0.3) is 0 Å². The summed E-state index contributed by atoms with van der Waals surface area (Å²) in [4.78, 5) is 28.0. The number of hydrogen-bond acceptors (Lipinski definition) is 4. The number of carbonyl (C=O) groups excluding carboxylic acids is 2. The molecular formula is C25H33ClFN3O4S. The standard InChI is InChI=1S/C25H33ClFN3O4S/c1-6-22(25(32)28-14-17(2)3)29(15-19-10-12-20(27)13-11-19)24(31)16-30(35(5,33)34)23-9-7-8-21(26)18(23)4/h7-13,17,22H,6,14-16H2,1-5H3,(H,28,32). The van der Waals surface area contributed by atoms with Crippen molar-refractivity contribution in [2.75, 3.05) is 23.7 Å². The molecule has 1 unspecified atom stereocenters. The number of sulfonamides is 1. The maximum absolute atomic E-state index is 13.6. The molecule has 0 bridgehead atoms. The monoisotopic (exact) mass is 525 g/mol. The minimum absolute atomic E-state index is 0.0127. The van der Waals surface area contributed by atoms with Gasteiger partial charge in [0.05, 0.1) is 11.9 Å². The van der Waals surface area contributed by atoms with Crippen LogP contribution < -0.4 is 9.62 Å². The van der Waals surface area contributed by atoms with Gasteiger partial charge in [-0.25, -0.2) is 12.8 Å². The quantitative estimate of drug-likeness (QED) is 0.478. The molecule has 0 heterocycles. The molecule has 0 saturated carbocycles. The lowest BCUT2D eigenvalue weighted by Crippen LogP contribution is -2.52. The Labute approximate surface area is 212 Å². The molecule has 10 heteroatoms. The van der Waals surface area contributed by atoms with Gasteiger partial charge in [0.1, 0.15) is 18.4 Å². The van der Waals surface area contributed by atoms with Crippen LogP contribution in [-0.4, -0.2) is 50.5 Å². The van der Waals surface area contributed by atoms with E-state index in [-0.39, 0.29) is 24.1 Å². The summed E-state index contributed by atoms with van der Waals surface area (Å²) in [5, 5.41) is 3.22. The number of anilines is 1. The smallest absolute Gasteiger partial charge is 0.244 e. The van der Waals surface area contributed by atoms with E-state index < -0.39 is 34.3 Å². The van der Waals surface area contributed by atoms with Crippen molar-refractivity contribution in [3.63, 3.8) is 0 Å². The third-order valence-corrected chi connectivity index (χ3v) is 7.06. The topological polar surface area (TPSA) is 86.8 Å². The summed E-state index contributed by atoms with van der Waals surface area (Å²) in [5.74, 6) is -1.11. The molecule has 0 saturated heterocycles. The van der Waals surface area contributed by atoms with E-state index in [1.54, 1.807) is 32.0 Å². The van der Waals surface area contributed by atoms with Crippen LogP contribution in [0.4, 0.5) is 10.1 Å². The predicted molar refractivity (Wildman–Crippen MR) is 137 cm³/mol. The van der Waals surface area contributed by atoms with Gasteiger partial charge in [-0.3, -0.25) is 13.9 Å². The van der Waals surface area contributed by atoms with E-state index in [2.05, 4.69) is 5.32 Å². The molecule has 0 radical (unpaired) electrons. The molecule has 1 atom stereocenters. The second kappa shape index (κ2) is 12.4. The molecule has 0 aromatic heterocycles. The number of halogens is 2. The predicted octanol–water partition coefficient (Wildman–Crippen LogP) is 4.13. The molecule has 7 nitrogen and oxygen atoms in total. The summed E-state index contributed by atoms with van der Waals surface area (Å²) in [6.07, 6.45) is 1.32. The van der Waals surface area contributed by atoms with E-state index in [1.807, 2.05) is 13.8 Å². The number of benzene rings is 2. The zero-order valence-electron chi connectivity index (χ0n) is 20.7. The van der Waals surface area contributed by atoms with Crippen LogP contribution in [0.1, 0.15) is 38.3 Å². The number of hydrogen-bond donors (Lipinski definition) is 1. The Morgan fingerprint density at radius 3 is 2.29 bits per heavy atom. The second-order valence-electron chi connectivity index (χ2n) is 8.86. The first-order chi connectivity index (χ1) is 16.3. The Hall–Kier alpha value is -2.65. The Morgan fingerprint density at radius 2 is 1.74 bits per heavy atom. The van der Waals surface area contributed by atoms with E-state index >= 15 is 0 Å². The fourth-order valence-corrected chi connectivity index (χ4v) is 4.66. The first-order valence-corrected chi connectivity index (χ1v) is 13.6. The third kappa shape index (κ3) is 7.93. The van der Waals surface area contributed by atoms with E-state index in [4.69, 9.17) is 11.6 Å². The van der Waals surface area contributed by atoms with Gasteiger partial charge in [-0.05, 0) is 54.7 Å². The lowest BCUT2D eigenvalue weighted by molar-refractivity contribution is -0.140. The van der Waals surface area contributed by atoms with Crippen LogP contribution in [0.15, 0.2) is 42.5 Å². The highest BCUT2D eigenvalue weighted by molar-refractivity contribution is 7.92. The number of rotatable bonds is 11. The maximum atomic E-state index is 13.6. The fourth-order valence-electron chi connectivity index (χ4n) is 3.59. The van der Waals surface area contributed by atoms with Crippen LogP contribution in [0.3, 0.4) is 0 Å². The normalized spacial score (nSPS) is 12.3. The highest BCUT2D eigenvalue weighted by Crippen LogP contribution is 2.28. The van der Waals surface area contributed by atoms with Crippen molar-refractivity contribution in [2.24, 2.45) is 5.92 Å². The van der Waals surface area contributed by atoms with Crippen molar-refractivity contribution in [1.29, 1.82) is 0 Å². The molecule has 0 fully saturated rings. The fraction of sp³-hybridized carbons (Fsp3) is 0.440. The van der Waals surface area contributed by atoms with Crippen molar-refractivity contribution in [2.45, 2.75) is 46.7 Å². The van der Waals surface area contributed by atoms with Crippen molar-refractivity contribution < 1.29 is 22.4 Å². The summed E-state index contributed by atoms with van der Waals surface area (Å²) in [6.45, 7) is 7.30. The first-order valence-electron chi connectivity index (χ1n) is 11.4. The summed E-state index contributed by atoms with van der Waals surface area (Å²) >= 11 is 6.20. The summed E-state index contributed by atoms with van der Waals surface area (Å²) in [6, 6.07) is 9.59. The molecule has 35 heavy (non-hydrogen) atoms. The minimum Gasteiger partial charge on any atom is -0.354 e. The average Bonchev–Trinajstić information content (AvgIpc) is 2.78. The molecule has 2 aromatic carbocycles. The van der Waals surface area contributed by atoms with E-state index in [9.17, 15) is 22.4 Å². The zero-order valence-corrected chi connectivity index (χ0v) is 22.3. The average molecular weight is 526 g/mol. The van der Waals surface area contributed by atoms with Crippen molar-refractivity contribution in [3.05, 3.63) is 64.4 Å². The van der Waals surface area contributed by atoms with Gasteiger partial charge in [-0.2, -0.15) is 0 Å². The van der Waals surface area contributed by atoms with Crippen molar-refractivity contribution in [1.82, 2.24) is 10.2 Å². The largest absolute Gasteiger partial charge is 0.354 e. The van der Waals surface area contributed by atoms with Gasteiger partial charge in [-0.1, -0.05) is 50.6 Å². The Kier molecular flexibility index (Phi) is 10.1. The summed E-state index contributed by atoms with van der Waals surface area (Å²) in [5.41, 5.74) is 1.41. The molecule has 1 N–H and O–H groups in total. The highest BCUT2D eigenvalue weighted by atomic mass is 35.5. The van der Waals surface area contributed by atoms with Gasteiger partial charge in [0.2, 0.25) is 21.8 Å². The molecular weight excluding hydrogens is 493 g/mol. The van der Waals surface area contributed by atoms with Gasteiger partial charge in [0.15, 0.2) is 0 Å². The lowest BCUT2D eigenvalue weighted by Gasteiger charge is -2.33. The summed E-state index contributed by atoms with van der Waals surface area (Å²) in [7, 11) is -3.86. The second-order valence-corrected chi connectivity index (χ2v) is 11.2. The molecule has 2 rings (SSSR count).